The maximum atomic E-state index is 10.4. The Morgan fingerprint density at radius 3 is 3.00 bits per heavy atom. The molecule has 3 rings (SSSR count). The lowest BCUT2D eigenvalue weighted by molar-refractivity contribution is 0.145. The number of halogens is 2. The van der Waals surface area contributed by atoms with E-state index < -0.39 is 6.10 Å². The summed E-state index contributed by atoms with van der Waals surface area (Å²) in [7, 11) is 0. The smallest absolute Gasteiger partial charge is 0.0819 e. The van der Waals surface area contributed by atoms with Gasteiger partial charge in [0.25, 0.3) is 0 Å². The minimum atomic E-state index is -0.539. The molecule has 2 fully saturated rings. The third-order valence-electron chi connectivity index (χ3n) is 4.69. The molecule has 2 aliphatic rings. The molecule has 1 saturated heterocycles. The van der Waals surface area contributed by atoms with Crippen molar-refractivity contribution in [1.82, 2.24) is 5.32 Å². The molecular weight excluding hydrogens is 281 g/mol. The fourth-order valence-electron chi connectivity index (χ4n) is 3.71. The number of hydrogen-bond donors (Lipinski definition) is 2. The van der Waals surface area contributed by atoms with E-state index in [9.17, 15) is 5.11 Å². The van der Waals surface area contributed by atoms with E-state index in [1.165, 1.54) is 19.3 Å². The van der Waals surface area contributed by atoms with Crippen LogP contribution in [0.4, 0.5) is 0 Å². The average Bonchev–Trinajstić information content (AvgIpc) is 2.97. The van der Waals surface area contributed by atoms with Crippen LogP contribution in [0, 0.1) is 11.8 Å². The molecule has 0 amide bonds. The van der Waals surface area contributed by atoms with Gasteiger partial charge < -0.3 is 10.4 Å². The van der Waals surface area contributed by atoms with Gasteiger partial charge in [-0.1, -0.05) is 41.8 Å². The highest BCUT2D eigenvalue weighted by molar-refractivity contribution is 6.42. The van der Waals surface area contributed by atoms with Crippen molar-refractivity contribution in [3.8, 4) is 0 Å². The molecule has 2 N–H and O–H groups in total. The Bertz CT molecular complexity index is 465. The molecule has 0 radical (unpaired) electrons. The molecule has 1 heterocycles. The number of aliphatic hydroxyl groups is 1. The highest BCUT2D eigenvalue weighted by atomic mass is 35.5. The Morgan fingerprint density at radius 1 is 1.32 bits per heavy atom. The molecule has 1 saturated carbocycles. The molecule has 1 aliphatic carbocycles. The van der Waals surface area contributed by atoms with E-state index in [2.05, 4.69) is 5.32 Å². The summed E-state index contributed by atoms with van der Waals surface area (Å²) in [4.78, 5) is 0. The molecule has 0 bridgehead atoms. The van der Waals surface area contributed by atoms with Crippen molar-refractivity contribution in [3.05, 3.63) is 33.8 Å². The third kappa shape index (κ3) is 2.64. The molecule has 1 aliphatic heterocycles. The number of aliphatic hydroxyl groups excluding tert-OH is 1. The summed E-state index contributed by atoms with van der Waals surface area (Å²) in [6.45, 7) is 1.10. The van der Waals surface area contributed by atoms with Crippen molar-refractivity contribution in [3.63, 3.8) is 0 Å². The fraction of sp³-hybridized carbons (Fsp3) is 0.600. The van der Waals surface area contributed by atoms with Crippen LogP contribution >= 0.6 is 23.2 Å². The summed E-state index contributed by atoms with van der Waals surface area (Å²) in [5.74, 6) is 1.54. The highest BCUT2D eigenvalue weighted by Crippen LogP contribution is 2.41. The maximum absolute atomic E-state index is 10.4. The zero-order valence-corrected chi connectivity index (χ0v) is 12.3. The van der Waals surface area contributed by atoms with Crippen molar-refractivity contribution >= 4 is 23.2 Å². The zero-order valence-electron chi connectivity index (χ0n) is 10.8. The van der Waals surface area contributed by atoms with Crippen LogP contribution < -0.4 is 5.32 Å². The zero-order chi connectivity index (χ0) is 13.4. The van der Waals surface area contributed by atoms with E-state index in [4.69, 9.17) is 23.2 Å². The molecule has 0 aromatic heterocycles. The molecule has 1 aromatic carbocycles. The van der Waals surface area contributed by atoms with Gasteiger partial charge in [-0.25, -0.2) is 0 Å². The van der Waals surface area contributed by atoms with Gasteiger partial charge in [0.15, 0.2) is 0 Å². The molecule has 104 valence electrons. The van der Waals surface area contributed by atoms with Crippen LogP contribution in [0.1, 0.15) is 37.4 Å². The molecule has 1 aromatic rings. The average molecular weight is 300 g/mol. The predicted molar refractivity (Wildman–Crippen MR) is 78.7 cm³/mol. The van der Waals surface area contributed by atoms with E-state index in [0.29, 0.717) is 16.1 Å². The first-order valence-electron chi connectivity index (χ1n) is 7.02. The second kappa shape index (κ2) is 5.61. The van der Waals surface area contributed by atoms with E-state index in [0.717, 1.165) is 30.4 Å². The lowest BCUT2D eigenvalue weighted by Crippen LogP contribution is -2.29. The van der Waals surface area contributed by atoms with Crippen LogP contribution in [0.3, 0.4) is 0 Å². The minimum Gasteiger partial charge on any atom is -0.388 e. The third-order valence-corrected chi connectivity index (χ3v) is 5.53. The standard InChI is InChI=1S/C15H19Cl2NO/c16-12-6-2-5-11(15(12)17)14(19)7-13-10-4-1-3-9(10)8-18-13/h2,5-6,9-10,13-14,18-19H,1,3-4,7-8H2. The minimum absolute atomic E-state index is 0.414. The molecule has 2 nitrogen and oxygen atoms in total. The Balaban J connectivity index is 1.71. The molecule has 4 atom stereocenters. The van der Waals surface area contributed by atoms with Crippen molar-refractivity contribution < 1.29 is 5.11 Å². The van der Waals surface area contributed by atoms with Crippen molar-refractivity contribution in [1.29, 1.82) is 0 Å². The van der Waals surface area contributed by atoms with Gasteiger partial charge in [0.05, 0.1) is 16.1 Å². The monoisotopic (exact) mass is 299 g/mol. The van der Waals surface area contributed by atoms with Gasteiger partial charge in [-0.05, 0) is 43.7 Å². The first-order valence-corrected chi connectivity index (χ1v) is 7.77. The second-order valence-corrected chi connectivity index (χ2v) is 6.55. The first-order chi connectivity index (χ1) is 9.16. The SMILES string of the molecule is OC(CC1NCC2CCCC21)c1cccc(Cl)c1Cl. The topological polar surface area (TPSA) is 32.3 Å². The summed E-state index contributed by atoms with van der Waals surface area (Å²) in [5, 5.41) is 15.0. The van der Waals surface area contributed by atoms with E-state index >= 15 is 0 Å². The van der Waals surface area contributed by atoms with Crippen LogP contribution in [-0.4, -0.2) is 17.7 Å². The van der Waals surface area contributed by atoms with Gasteiger partial charge in [-0.2, -0.15) is 0 Å². The van der Waals surface area contributed by atoms with Crippen LogP contribution in [0.15, 0.2) is 18.2 Å². The molecular formula is C15H19Cl2NO. The Kier molecular flexibility index (Phi) is 4.04. The second-order valence-electron chi connectivity index (χ2n) is 5.76. The summed E-state index contributed by atoms with van der Waals surface area (Å²) in [6, 6.07) is 5.87. The molecule has 4 heteroatoms. The maximum Gasteiger partial charge on any atom is 0.0819 e. The van der Waals surface area contributed by atoms with Gasteiger partial charge in [-0.15, -0.1) is 0 Å². The summed E-state index contributed by atoms with van der Waals surface area (Å²) in [5.41, 5.74) is 0.748. The number of benzene rings is 1. The first kappa shape index (κ1) is 13.7. The van der Waals surface area contributed by atoms with E-state index in [1.807, 2.05) is 12.1 Å². The fourth-order valence-corrected chi connectivity index (χ4v) is 4.14. The van der Waals surface area contributed by atoms with Crippen molar-refractivity contribution in [2.24, 2.45) is 11.8 Å². The van der Waals surface area contributed by atoms with Crippen LogP contribution in [0.5, 0.6) is 0 Å². The molecule has 0 spiro atoms. The highest BCUT2D eigenvalue weighted by Gasteiger charge is 2.39. The van der Waals surface area contributed by atoms with Crippen molar-refractivity contribution in [2.75, 3.05) is 6.54 Å². The van der Waals surface area contributed by atoms with Gasteiger partial charge in [0.1, 0.15) is 0 Å². The predicted octanol–water partition coefficient (Wildman–Crippen LogP) is 3.81. The quantitative estimate of drug-likeness (QED) is 0.890. The van der Waals surface area contributed by atoms with Crippen LogP contribution in [-0.2, 0) is 0 Å². The number of rotatable bonds is 3. The Labute approximate surface area is 124 Å². The van der Waals surface area contributed by atoms with Crippen molar-refractivity contribution in [2.45, 2.75) is 37.8 Å². The van der Waals surface area contributed by atoms with Gasteiger partial charge >= 0.3 is 0 Å². The number of fused-ring (bicyclic) bond motifs is 1. The molecule has 19 heavy (non-hydrogen) atoms. The summed E-state index contributed by atoms with van der Waals surface area (Å²) >= 11 is 12.2. The number of hydrogen-bond acceptors (Lipinski definition) is 2. The van der Waals surface area contributed by atoms with Crippen LogP contribution in [0.25, 0.3) is 0 Å². The van der Waals surface area contributed by atoms with Gasteiger partial charge in [-0.3, -0.25) is 0 Å². The van der Waals surface area contributed by atoms with E-state index in [-0.39, 0.29) is 0 Å². The summed E-state index contributed by atoms with van der Waals surface area (Å²) < 4.78 is 0. The van der Waals surface area contributed by atoms with Gasteiger partial charge in [0.2, 0.25) is 0 Å². The largest absolute Gasteiger partial charge is 0.388 e. The molecule has 4 unspecified atom stereocenters. The Morgan fingerprint density at radius 2 is 2.16 bits per heavy atom. The van der Waals surface area contributed by atoms with Gasteiger partial charge in [0, 0.05) is 11.6 Å². The number of nitrogens with one attached hydrogen (secondary N) is 1. The summed E-state index contributed by atoms with van der Waals surface area (Å²) in [6.07, 6.45) is 4.14. The normalized spacial score (nSPS) is 31.4. The van der Waals surface area contributed by atoms with E-state index in [1.54, 1.807) is 6.07 Å². The van der Waals surface area contributed by atoms with Crippen LogP contribution in [0.2, 0.25) is 10.0 Å². The lowest BCUT2D eigenvalue weighted by Gasteiger charge is -2.22. The Hall–Kier alpha value is -0.280. The lowest BCUT2D eigenvalue weighted by atomic mass is 9.89.